The van der Waals surface area contributed by atoms with E-state index in [9.17, 15) is 4.79 Å². The minimum Gasteiger partial charge on any atom is -0.481 e. The van der Waals surface area contributed by atoms with Crippen LogP contribution < -0.4 is 22.3 Å². The molecule has 0 aliphatic rings. The molecule has 0 atom stereocenters. The molecule has 0 aliphatic carbocycles. The van der Waals surface area contributed by atoms with Gasteiger partial charge in [0, 0.05) is 13.0 Å². The van der Waals surface area contributed by atoms with Crippen LogP contribution in [0.1, 0.15) is 77.0 Å². The minimum absolute atomic E-state index is 0.325. The number of carbonyl (C=O) groups is 1. The molecule has 0 saturated heterocycles. The fourth-order valence-corrected chi connectivity index (χ4v) is 2.19. The summed E-state index contributed by atoms with van der Waals surface area (Å²) in [5.41, 5.74) is 7.92. The molecule has 0 radical (unpaired) electrons. The Morgan fingerprint density at radius 3 is 1.70 bits per heavy atom. The van der Waals surface area contributed by atoms with E-state index in [2.05, 4.69) is 16.5 Å². The van der Waals surface area contributed by atoms with E-state index < -0.39 is 5.97 Å². The van der Waals surface area contributed by atoms with E-state index in [0.717, 1.165) is 25.8 Å². The van der Waals surface area contributed by atoms with E-state index >= 15 is 0 Å². The molecule has 6 N–H and O–H groups in total. The molecule has 0 unspecified atom stereocenters. The van der Waals surface area contributed by atoms with Gasteiger partial charge in [-0.2, -0.15) is 11.1 Å². The topological polar surface area (TPSA) is 99.4 Å². The first-order valence-electron chi connectivity index (χ1n) is 7.92. The molecule has 0 saturated carbocycles. The molecular weight excluding hydrogens is 256 g/mol. The van der Waals surface area contributed by atoms with Crippen LogP contribution >= 0.6 is 0 Å². The Labute approximate surface area is 122 Å². The van der Waals surface area contributed by atoms with Gasteiger partial charge in [0.2, 0.25) is 0 Å². The first-order valence-corrected chi connectivity index (χ1v) is 7.92. The van der Waals surface area contributed by atoms with E-state index in [1.165, 1.54) is 51.4 Å². The van der Waals surface area contributed by atoms with Gasteiger partial charge in [0.05, 0.1) is 0 Å². The maximum atomic E-state index is 10.3. The Morgan fingerprint density at radius 2 is 1.25 bits per heavy atom. The molecule has 20 heavy (non-hydrogen) atoms. The van der Waals surface area contributed by atoms with Crippen LogP contribution in [0, 0.1) is 0 Å². The summed E-state index contributed by atoms with van der Waals surface area (Å²) >= 11 is 0. The highest BCUT2D eigenvalue weighted by atomic mass is 16.4. The van der Waals surface area contributed by atoms with Crippen molar-refractivity contribution in [1.29, 1.82) is 0 Å². The molecule has 0 bridgehead atoms. The Bertz CT molecular complexity index is 215. The highest BCUT2D eigenvalue weighted by Crippen LogP contribution is 2.11. The predicted octanol–water partition coefficient (Wildman–Crippen LogP) is 2.22. The van der Waals surface area contributed by atoms with Crippen molar-refractivity contribution in [2.75, 3.05) is 6.54 Å². The third-order valence-corrected chi connectivity index (χ3v) is 3.35. The van der Waals surface area contributed by atoms with Gasteiger partial charge in [-0.05, 0) is 12.8 Å². The van der Waals surface area contributed by atoms with Gasteiger partial charge in [-0.3, -0.25) is 10.6 Å². The molecule has 0 heterocycles. The summed E-state index contributed by atoms with van der Waals surface area (Å²) in [5, 5.41) is 8.50. The first-order chi connectivity index (χ1) is 9.77. The third kappa shape index (κ3) is 17.3. The first kappa shape index (κ1) is 19.3. The van der Waals surface area contributed by atoms with Crippen LogP contribution in [0.15, 0.2) is 0 Å². The van der Waals surface area contributed by atoms with Gasteiger partial charge in [-0.25, -0.2) is 5.43 Å². The molecule has 0 amide bonds. The molecular formula is C14H32N4O2. The van der Waals surface area contributed by atoms with Crippen molar-refractivity contribution in [3.8, 4) is 0 Å². The maximum Gasteiger partial charge on any atom is 0.303 e. The monoisotopic (exact) mass is 288 g/mol. The molecule has 6 heteroatoms. The van der Waals surface area contributed by atoms with E-state index in [1.54, 1.807) is 0 Å². The zero-order valence-electron chi connectivity index (χ0n) is 12.6. The van der Waals surface area contributed by atoms with Gasteiger partial charge in [-0.1, -0.05) is 57.8 Å². The van der Waals surface area contributed by atoms with Gasteiger partial charge in [0.25, 0.3) is 0 Å². The number of nitrogens with one attached hydrogen (secondary N) is 3. The third-order valence-electron chi connectivity index (χ3n) is 3.35. The van der Waals surface area contributed by atoms with Gasteiger partial charge < -0.3 is 5.11 Å². The van der Waals surface area contributed by atoms with E-state index in [0.29, 0.717) is 6.42 Å². The van der Waals surface area contributed by atoms with Crippen molar-refractivity contribution >= 4 is 5.97 Å². The van der Waals surface area contributed by atoms with Gasteiger partial charge >= 0.3 is 5.97 Å². The maximum absolute atomic E-state index is 10.3. The zero-order chi connectivity index (χ0) is 14.9. The fourth-order valence-electron chi connectivity index (χ4n) is 2.19. The van der Waals surface area contributed by atoms with Gasteiger partial charge in [-0.15, -0.1) is 0 Å². The quantitative estimate of drug-likeness (QED) is 0.170. The van der Waals surface area contributed by atoms with Crippen LogP contribution in [0.5, 0.6) is 0 Å². The SMILES string of the molecule is NNNNCCCCCCCCCCCCCC(=O)O. The lowest BCUT2D eigenvalue weighted by Crippen LogP contribution is -2.47. The smallest absolute Gasteiger partial charge is 0.303 e. The molecule has 0 aliphatic heterocycles. The number of aliphatic carboxylic acids is 1. The Hall–Kier alpha value is -0.690. The number of rotatable bonds is 16. The summed E-state index contributed by atoms with van der Waals surface area (Å²) in [6.45, 7) is 0.931. The van der Waals surface area contributed by atoms with Crippen LogP contribution in [0.25, 0.3) is 0 Å². The Morgan fingerprint density at radius 1 is 0.800 bits per heavy atom. The van der Waals surface area contributed by atoms with Crippen LogP contribution in [0.2, 0.25) is 0 Å². The molecule has 0 aromatic heterocycles. The van der Waals surface area contributed by atoms with E-state index in [1.807, 2.05) is 0 Å². The molecule has 0 aromatic carbocycles. The second kappa shape index (κ2) is 16.4. The molecule has 6 nitrogen and oxygen atoms in total. The minimum atomic E-state index is -0.671. The van der Waals surface area contributed by atoms with Crippen molar-refractivity contribution in [1.82, 2.24) is 16.5 Å². The van der Waals surface area contributed by atoms with Crippen molar-refractivity contribution in [2.24, 2.45) is 5.84 Å². The molecule has 0 rings (SSSR count). The molecule has 0 aromatic rings. The number of hydrazine groups is 3. The standard InChI is InChI=1S/C14H32N4O2/c15-17-18-16-13-11-9-7-5-3-1-2-4-6-8-10-12-14(19)20/h16-18H,1-13,15H2,(H,19,20). The number of hydrogen-bond acceptors (Lipinski definition) is 5. The second-order valence-electron chi connectivity index (χ2n) is 5.23. The fraction of sp³-hybridized carbons (Fsp3) is 0.929. The Kier molecular flexibility index (Phi) is 15.8. The summed E-state index contributed by atoms with van der Waals surface area (Å²) in [7, 11) is 0. The van der Waals surface area contributed by atoms with Crippen molar-refractivity contribution in [3.05, 3.63) is 0 Å². The summed E-state index contributed by atoms with van der Waals surface area (Å²) in [5.74, 6) is 4.37. The lowest BCUT2D eigenvalue weighted by molar-refractivity contribution is -0.137. The number of nitrogens with two attached hydrogens (primary N) is 1. The van der Waals surface area contributed by atoms with Crippen LogP contribution in [-0.2, 0) is 4.79 Å². The highest BCUT2D eigenvalue weighted by molar-refractivity contribution is 5.66. The number of hydrogen-bond donors (Lipinski definition) is 5. The zero-order valence-corrected chi connectivity index (χ0v) is 12.6. The predicted molar refractivity (Wildman–Crippen MR) is 81.5 cm³/mol. The number of carboxylic acid groups (broad SMARTS) is 1. The van der Waals surface area contributed by atoms with Crippen LogP contribution in [0.4, 0.5) is 0 Å². The molecule has 0 fully saturated rings. The summed E-state index contributed by atoms with van der Waals surface area (Å²) in [6.07, 6.45) is 13.6. The molecule has 120 valence electrons. The second-order valence-corrected chi connectivity index (χ2v) is 5.23. The number of carboxylic acids is 1. The summed E-state index contributed by atoms with van der Waals surface area (Å²) < 4.78 is 0. The van der Waals surface area contributed by atoms with E-state index in [-0.39, 0.29) is 0 Å². The van der Waals surface area contributed by atoms with Crippen molar-refractivity contribution in [3.63, 3.8) is 0 Å². The van der Waals surface area contributed by atoms with Crippen molar-refractivity contribution in [2.45, 2.75) is 77.0 Å². The van der Waals surface area contributed by atoms with Crippen LogP contribution in [-0.4, -0.2) is 17.6 Å². The number of unbranched alkanes of at least 4 members (excludes halogenated alkanes) is 10. The Balaban J connectivity index is 2.94. The van der Waals surface area contributed by atoms with Crippen LogP contribution in [0.3, 0.4) is 0 Å². The van der Waals surface area contributed by atoms with Crippen molar-refractivity contribution < 1.29 is 9.90 Å². The average molecular weight is 288 g/mol. The van der Waals surface area contributed by atoms with E-state index in [4.69, 9.17) is 10.9 Å². The average Bonchev–Trinajstić information content (AvgIpc) is 2.43. The summed E-state index contributed by atoms with van der Waals surface area (Å²) in [4.78, 5) is 10.3. The molecule has 0 spiro atoms. The van der Waals surface area contributed by atoms with Gasteiger partial charge in [0.15, 0.2) is 0 Å². The lowest BCUT2D eigenvalue weighted by Gasteiger charge is -2.05. The normalized spacial score (nSPS) is 10.8. The summed E-state index contributed by atoms with van der Waals surface area (Å²) in [6, 6.07) is 0. The largest absolute Gasteiger partial charge is 0.481 e. The van der Waals surface area contributed by atoms with Gasteiger partial charge in [0.1, 0.15) is 0 Å². The highest BCUT2D eigenvalue weighted by Gasteiger charge is 1.96. The lowest BCUT2D eigenvalue weighted by atomic mass is 10.1.